The summed E-state index contributed by atoms with van der Waals surface area (Å²) < 4.78 is 66.6. The molecular weight excluding hydrogens is 1860 g/mol. The first-order valence-electron chi connectivity index (χ1n) is 43.6. The first-order chi connectivity index (χ1) is 63.2. The van der Waals surface area contributed by atoms with E-state index >= 15 is 0 Å². The quantitative estimate of drug-likeness (QED) is 0.00836. The second kappa shape index (κ2) is 66.4. The molecule has 41 heteroatoms. The van der Waals surface area contributed by atoms with Crippen LogP contribution >= 0.6 is 44.0 Å². The molecule has 3 aromatic carbocycles. The number of alkyl halides is 5. The number of carbonyl (C=O) groups excluding carboxylic acids is 12. The predicted octanol–water partition coefficient (Wildman–Crippen LogP) is 6.00. The molecule has 8 N–H and O–H groups in total. The molecule has 755 valence electrons. The Morgan fingerprint density at radius 1 is 0.551 bits per heavy atom. The summed E-state index contributed by atoms with van der Waals surface area (Å²) in [5, 5.41) is 52.2. The normalized spacial score (nSPS) is 24.4. The molecule has 12 unspecified atom stereocenters. The number of nitrogens with one attached hydrogen (secondary N) is 1. The molecule has 11 rings (SSSR count). The van der Waals surface area contributed by atoms with Crippen LogP contribution in [0.4, 0.5) is 22.8 Å². The minimum atomic E-state index is -4.64. The van der Waals surface area contributed by atoms with Crippen molar-refractivity contribution in [2.45, 2.75) is 191 Å². The summed E-state index contributed by atoms with van der Waals surface area (Å²) in [6.07, 6.45) is 3.46. The number of likely N-dealkylation sites (tertiary alicyclic amines) is 3. The van der Waals surface area contributed by atoms with E-state index in [1.165, 1.54) is 54.3 Å². The number of hydrogen-bond acceptors (Lipinski definition) is 27. The van der Waals surface area contributed by atoms with Gasteiger partial charge in [0.15, 0.2) is 5.78 Å². The fourth-order valence-electron chi connectivity index (χ4n) is 15.9. The number of Topliss-reactive ketones (excluding diaryl/α,β-unsaturated/α-hetero) is 1. The standard InChI is InChI=1S/C17H20N2O3.C17H24N2O.C14H23NO5.C14H21NO5.C11H16ClNO4.C9H15NO3.C7H9N.C2H2Cl2O.C2HF3O.CH5P.CH4.B.Na.H/c1-2-6-13-14(20)10-19-15(21)11-18(17(22)16(13)19)9-12-7-4-3-5-8-12;1-2-6-15-16-12-18(9-10-19(16)13-17(15)20)11-14-7-4-3-5-8-14;2*1-6-7-9-10(16)8-15(11(9)12(17)19-5)13(18)20-14(2,3)4;1-3-4-7-8(14)6-13(9(15)5-12)10(7)11(16)17-2;1-3-4-6-7(11)5-10-8(6)9(12)13-2;8-6-7-4-2-1-3-5-7;3-1-2(4)5;3-2(4,5)1-6;1-2;;;;/h2-5,7-8,13-14,16,20H,1,6,9-11H2;2-5,7-8,15-17,20H,1,6,9-13H2;6,9-11,16H,1,7-8H2,2-5H3;6,9,11H,1,7-8H2,2-5H3;3,7-8,10,14H,1,4-6H2,2H3;3,6-8,10-11H,1,4-5H2,2H3;1-5H,6,8H2;1H2;1H;2H2,1H3;1H4;;;/q;;;;;;;;;;;;+1;-1/t13?,14?,16-;15?,16-,17?;9?,10?,11-;9?,11-;7?,8?,10-;6?,7?,8-;;;;;;;;/m101111......../s1/i;;;;;;;;;1D;;;;. The molecule has 0 bridgehead atoms. The number of hydrogen-bond donors (Lipinski definition) is 7. The first kappa shape index (κ1) is 128. The molecule has 0 aliphatic carbocycles. The van der Waals surface area contributed by atoms with Crippen LogP contribution in [0.5, 0.6) is 0 Å². The minimum Gasteiger partial charge on any atom is -1.00 e. The van der Waals surface area contributed by atoms with Gasteiger partial charge in [-0.15, -0.1) is 71.9 Å². The number of aldehydes is 1. The minimum absolute atomic E-state index is 0. The topological polar surface area (TPSA) is 422 Å². The van der Waals surface area contributed by atoms with Gasteiger partial charge in [-0.2, -0.15) is 13.2 Å². The number of esters is 4. The third kappa shape index (κ3) is 42.4. The third-order valence-electron chi connectivity index (χ3n) is 21.9. The zero-order valence-corrected chi connectivity index (χ0v) is 84.5. The number of aliphatic hydroxyl groups is 5. The van der Waals surface area contributed by atoms with Gasteiger partial charge in [-0.3, -0.25) is 53.2 Å². The largest absolute Gasteiger partial charge is 1.00 e. The average molecular weight is 2010 g/mol. The van der Waals surface area contributed by atoms with Crippen LogP contribution < -0.4 is 40.6 Å². The number of amides is 5. The number of piperazine rings is 2. The molecule has 0 aromatic heterocycles. The van der Waals surface area contributed by atoms with Crippen LogP contribution in [0.2, 0.25) is 0 Å². The molecule has 0 saturated carbocycles. The van der Waals surface area contributed by atoms with Crippen LogP contribution in [0.1, 0.15) is 107 Å². The Labute approximate surface area is 843 Å². The number of allylic oxidation sites excluding steroid dienone is 6. The van der Waals surface area contributed by atoms with E-state index in [-0.39, 0.29) is 145 Å². The van der Waals surface area contributed by atoms with Gasteiger partial charge in [0.2, 0.25) is 29.3 Å². The number of benzene rings is 3. The fourth-order valence-corrected chi connectivity index (χ4v) is 16.0. The zero-order valence-electron chi connectivity index (χ0n) is 81.0. The van der Waals surface area contributed by atoms with E-state index < -0.39 is 125 Å². The van der Waals surface area contributed by atoms with Crippen molar-refractivity contribution in [3.05, 3.63) is 184 Å². The Morgan fingerprint density at radius 2 is 0.941 bits per heavy atom. The maximum absolute atomic E-state index is 12.8. The van der Waals surface area contributed by atoms with E-state index in [0.29, 0.717) is 70.3 Å². The number of ketones is 1. The molecular formula is C95H141BCl3F3N9NaO23P. The number of carbonyl (C=O) groups is 12. The van der Waals surface area contributed by atoms with E-state index in [1.54, 1.807) is 76.8 Å². The summed E-state index contributed by atoms with van der Waals surface area (Å²) in [7, 11) is 7.32. The second-order valence-electron chi connectivity index (χ2n) is 33.4. The summed E-state index contributed by atoms with van der Waals surface area (Å²) in [5.41, 5.74) is 7.54. The van der Waals surface area contributed by atoms with Crippen LogP contribution in [0.15, 0.2) is 167 Å². The molecule has 5 amide bonds. The van der Waals surface area contributed by atoms with Crippen molar-refractivity contribution in [1.82, 2.24) is 39.6 Å². The maximum atomic E-state index is 12.8. The Balaban J connectivity index is -0.00000151. The van der Waals surface area contributed by atoms with Gasteiger partial charge in [-0.25, -0.2) is 24.0 Å². The number of rotatable bonds is 23. The third-order valence-corrected chi connectivity index (χ3v) is 22.6. The van der Waals surface area contributed by atoms with Crippen LogP contribution in [0.25, 0.3) is 0 Å². The van der Waals surface area contributed by atoms with Crippen LogP contribution in [-0.2, 0) is 96.0 Å². The number of nitrogens with two attached hydrogens (primary N) is 1. The second-order valence-corrected chi connectivity index (χ2v) is 34.4. The number of ether oxygens (including phenoxy) is 6. The molecule has 3 radical (unpaired) electrons. The smallest absolute Gasteiger partial charge is 1.00 e. The number of aliphatic hydroxyl groups excluding tert-OH is 5. The van der Waals surface area contributed by atoms with Gasteiger partial charge < -0.3 is 81.1 Å². The summed E-state index contributed by atoms with van der Waals surface area (Å²) in [5.74, 6) is -4.52. The van der Waals surface area contributed by atoms with Gasteiger partial charge in [0.25, 0.3) is 0 Å². The summed E-state index contributed by atoms with van der Waals surface area (Å²) in [6.45, 7) is 39.6. The van der Waals surface area contributed by atoms with Gasteiger partial charge in [-0.1, -0.05) is 142 Å². The van der Waals surface area contributed by atoms with Crippen LogP contribution in [-0.4, -0.2) is 336 Å². The number of nitrogens with zero attached hydrogens (tertiary/aromatic N) is 7. The van der Waals surface area contributed by atoms with E-state index in [0.717, 1.165) is 49.6 Å². The molecule has 18 atom stereocenters. The van der Waals surface area contributed by atoms with E-state index in [4.69, 9.17) is 65.6 Å². The Morgan fingerprint density at radius 3 is 1.35 bits per heavy atom. The van der Waals surface area contributed by atoms with Gasteiger partial charge in [0.05, 0.1) is 83.8 Å². The molecule has 8 aliphatic rings. The van der Waals surface area contributed by atoms with E-state index in [2.05, 4.69) is 104 Å². The van der Waals surface area contributed by atoms with Crippen LogP contribution in [0.3, 0.4) is 0 Å². The molecule has 0 spiro atoms. The molecule has 8 fully saturated rings. The van der Waals surface area contributed by atoms with Gasteiger partial charge in [-0.05, 0) is 108 Å². The maximum Gasteiger partial charge on any atom is 1.00 e. The number of methoxy groups -OCH3 is 4. The van der Waals surface area contributed by atoms with E-state index in [9.17, 15) is 91.4 Å². The number of halogens is 6. The Kier molecular flexibility index (Phi) is 62.3. The average Bonchev–Trinajstić information content (AvgIpc) is 1.60. The molecule has 8 heterocycles. The van der Waals surface area contributed by atoms with Gasteiger partial charge in [0.1, 0.15) is 53.8 Å². The van der Waals surface area contributed by atoms with E-state index in [1.807, 2.05) is 66.7 Å². The Hall–Kier alpha value is -8.27. The molecule has 136 heavy (non-hydrogen) atoms. The molecule has 8 saturated heterocycles. The predicted molar refractivity (Wildman–Crippen MR) is 516 cm³/mol. The van der Waals surface area contributed by atoms with Crippen molar-refractivity contribution in [2.24, 2.45) is 41.2 Å². The molecule has 8 aliphatic heterocycles. The van der Waals surface area contributed by atoms with Crippen molar-refractivity contribution in [3.63, 3.8) is 0 Å². The Bertz CT molecular complexity index is 4250. The molecule has 3 aromatic rings. The summed E-state index contributed by atoms with van der Waals surface area (Å²) in [6, 6.07) is 27.2. The van der Waals surface area contributed by atoms with Crippen molar-refractivity contribution >= 4 is 124 Å². The van der Waals surface area contributed by atoms with Crippen molar-refractivity contribution in [1.29, 1.82) is 0 Å². The van der Waals surface area contributed by atoms with Crippen molar-refractivity contribution in [3.8, 4) is 0 Å². The number of fused-ring (bicyclic) bond motifs is 2. The van der Waals surface area contributed by atoms with Crippen molar-refractivity contribution < 1.29 is 157 Å². The van der Waals surface area contributed by atoms with Gasteiger partial charge >= 0.3 is 71.8 Å². The fraction of sp³-hybridized carbons (Fsp3) is 0.558. The monoisotopic (exact) mass is 2000 g/mol. The zero-order chi connectivity index (χ0) is 102. The summed E-state index contributed by atoms with van der Waals surface area (Å²) >= 11 is 15.0. The van der Waals surface area contributed by atoms with Crippen LogP contribution in [0, 0.1) is 35.5 Å². The SMILES string of the molecule is C.C=CCC1C(=O)CN(C(=O)OC(C)(C)C)[C@H]1C(=O)OC.C=CCC1C(O)CN(C(=O)CCl)[C@H]1C(=O)OC.C=CCC1C(O)CN(C(=O)OC(C)(C)C)[C@H]1C(=O)OC.C=CCC1C(O)CN2C(=O)CN(Cc3ccccc3)C(=O)[C@@H]12.C=CCC1C(O)CN2CCN(Cc3ccccc3)C[C@@H]12.C=CCC1C(O)CN[C@H]1C(=O)OC.NCc1ccccc1.O=C(Cl)CCl.O=CC(F)(F)F.[2H]CP.[B].[H-].[Na+]. The number of β-amino-alcohol motifs (C(OH)–C–C–N with tert-alkyl or cyclic N) is 3. The van der Waals surface area contributed by atoms with Gasteiger partial charge in [0, 0.05) is 111 Å². The van der Waals surface area contributed by atoms with Crippen molar-refractivity contribution in [2.75, 3.05) is 112 Å². The first-order valence-corrected chi connectivity index (χ1v) is 45.1. The summed E-state index contributed by atoms with van der Waals surface area (Å²) in [4.78, 5) is 149. The molecule has 32 nitrogen and oxygen atoms in total.